The highest BCUT2D eigenvalue weighted by atomic mass is 16.5. The lowest BCUT2D eigenvalue weighted by Crippen LogP contribution is -2.38. The van der Waals surface area contributed by atoms with E-state index in [2.05, 4.69) is 31.2 Å². The zero-order valence-electron chi connectivity index (χ0n) is 13.2. The smallest absolute Gasteiger partial charge is 0.145 e. The molecule has 0 bridgehead atoms. The Kier molecular flexibility index (Phi) is 3.20. The fourth-order valence-corrected chi connectivity index (χ4v) is 3.67. The number of hydrogen-bond donors (Lipinski definition) is 0. The van der Waals surface area contributed by atoms with Gasteiger partial charge in [-0.05, 0) is 55.5 Å². The largest absolute Gasteiger partial charge is 0.490 e. The van der Waals surface area contributed by atoms with Crippen molar-refractivity contribution >= 4 is 11.9 Å². The Hall–Kier alpha value is -2.60. The van der Waals surface area contributed by atoms with Gasteiger partial charge in [0.25, 0.3) is 0 Å². The van der Waals surface area contributed by atoms with Crippen molar-refractivity contribution in [3.05, 3.63) is 58.7 Å². The van der Waals surface area contributed by atoms with Gasteiger partial charge >= 0.3 is 0 Å². The van der Waals surface area contributed by atoms with Crippen LogP contribution in [0.25, 0.3) is 0 Å². The van der Waals surface area contributed by atoms with Crippen molar-refractivity contribution in [2.45, 2.75) is 31.6 Å². The van der Waals surface area contributed by atoms with Crippen molar-refractivity contribution in [2.24, 2.45) is 4.99 Å². The van der Waals surface area contributed by atoms with Gasteiger partial charge in [0.1, 0.15) is 18.0 Å². The van der Waals surface area contributed by atoms with Crippen molar-refractivity contribution < 1.29 is 4.74 Å². The third-order valence-corrected chi connectivity index (χ3v) is 4.89. The highest BCUT2D eigenvalue weighted by Crippen LogP contribution is 2.41. The third kappa shape index (κ3) is 2.31. The number of aliphatic imine (C=N–C) groups is 1. The Morgan fingerprint density at radius 3 is 3.00 bits per heavy atom. The van der Waals surface area contributed by atoms with Gasteiger partial charge in [0.05, 0.1) is 17.0 Å². The molecule has 0 radical (unpaired) electrons. The van der Waals surface area contributed by atoms with Crippen LogP contribution in [0.5, 0.6) is 5.75 Å². The summed E-state index contributed by atoms with van der Waals surface area (Å²) in [7, 11) is 0. The first kappa shape index (κ1) is 14.0. The van der Waals surface area contributed by atoms with Crippen LogP contribution in [-0.2, 0) is 11.8 Å². The molecule has 4 rings (SSSR count). The van der Waals surface area contributed by atoms with E-state index in [-0.39, 0.29) is 5.41 Å². The van der Waals surface area contributed by atoms with Crippen LogP contribution in [0.3, 0.4) is 0 Å². The average molecular weight is 302 g/mol. The summed E-state index contributed by atoms with van der Waals surface area (Å²) in [6.07, 6.45) is 5.36. The second-order valence-corrected chi connectivity index (χ2v) is 6.51. The zero-order valence-corrected chi connectivity index (χ0v) is 13.2. The van der Waals surface area contributed by atoms with Gasteiger partial charge in [0, 0.05) is 6.21 Å². The van der Waals surface area contributed by atoms with E-state index in [1.165, 1.54) is 16.7 Å². The topological polar surface area (TPSA) is 45.4 Å². The third-order valence-electron chi connectivity index (χ3n) is 4.89. The van der Waals surface area contributed by atoms with Crippen LogP contribution in [0.2, 0.25) is 0 Å². The Morgan fingerprint density at radius 2 is 2.13 bits per heavy atom. The Labute approximate surface area is 136 Å². The molecule has 1 heterocycles. The molecule has 0 fully saturated rings. The van der Waals surface area contributed by atoms with Gasteiger partial charge < -0.3 is 4.74 Å². The number of nitriles is 1. The summed E-state index contributed by atoms with van der Waals surface area (Å²) in [5.41, 5.74) is 5.25. The summed E-state index contributed by atoms with van der Waals surface area (Å²) >= 11 is 0. The van der Waals surface area contributed by atoms with Crippen molar-refractivity contribution in [1.29, 1.82) is 5.26 Å². The minimum atomic E-state index is -0.160. The van der Waals surface area contributed by atoms with Crippen molar-refractivity contribution in [1.82, 2.24) is 0 Å². The molecular weight excluding hydrogens is 284 g/mol. The lowest BCUT2D eigenvalue weighted by molar-refractivity contribution is 0.249. The van der Waals surface area contributed by atoms with Gasteiger partial charge in [0.2, 0.25) is 0 Å². The summed E-state index contributed by atoms with van der Waals surface area (Å²) < 4.78 is 6.09. The van der Waals surface area contributed by atoms with Crippen molar-refractivity contribution in [3.63, 3.8) is 0 Å². The van der Waals surface area contributed by atoms with Crippen LogP contribution in [0.1, 0.15) is 35.1 Å². The fraction of sp³-hybridized carbons (Fsp3) is 0.300. The minimum Gasteiger partial charge on any atom is -0.490 e. The predicted octanol–water partition coefficient (Wildman–Crippen LogP) is 4.24. The molecule has 1 aliphatic heterocycles. The number of hydrogen-bond acceptors (Lipinski definition) is 3. The molecule has 0 saturated carbocycles. The van der Waals surface area contributed by atoms with Crippen LogP contribution >= 0.6 is 0 Å². The van der Waals surface area contributed by atoms with Gasteiger partial charge in [-0.1, -0.05) is 23.8 Å². The molecule has 0 aromatic heterocycles. The molecule has 0 unspecified atom stereocenters. The van der Waals surface area contributed by atoms with Crippen molar-refractivity contribution in [2.75, 3.05) is 6.61 Å². The quantitative estimate of drug-likeness (QED) is 0.731. The molecule has 114 valence electrons. The summed E-state index contributed by atoms with van der Waals surface area (Å²) in [6, 6.07) is 14.3. The monoisotopic (exact) mass is 302 g/mol. The SMILES string of the molecule is Cc1ccc2c(c1)CCC[C@@]21C=Nc2cc(C#N)ccc2OC1. The van der Waals surface area contributed by atoms with E-state index >= 15 is 0 Å². The molecule has 0 amide bonds. The molecule has 0 N–H and O–H groups in total. The Bertz CT molecular complexity index is 847. The van der Waals surface area contributed by atoms with E-state index in [4.69, 9.17) is 15.0 Å². The second-order valence-electron chi connectivity index (χ2n) is 6.51. The van der Waals surface area contributed by atoms with Gasteiger partial charge in [-0.3, -0.25) is 4.99 Å². The van der Waals surface area contributed by atoms with Gasteiger partial charge in [-0.2, -0.15) is 5.26 Å². The van der Waals surface area contributed by atoms with E-state index in [1.54, 1.807) is 12.1 Å². The van der Waals surface area contributed by atoms with E-state index in [9.17, 15) is 0 Å². The second kappa shape index (κ2) is 5.24. The normalized spacial score (nSPS) is 21.7. The van der Waals surface area contributed by atoms with E-state index < -0.39 is 0 Å². The van der Waals surface area contributed by atoms with Crippen LogP contribution in [0.4, 0.5) is 5.69 Å². The average Bonchev–Trinajstić information content (AvgIpc) is 2.75. The van der Waals surface area contributed by atoms with E-state index in [0.29, 0.717) is 12.2 Å². The molecule has 0 saturated heterocycles. The van der Waals surface area contributed by atoms with Crippen LogP contribution in [0, 0.1) is 18.3 Å². The summed E-state index contributed by atoms with van der Waals surface area (Å²) in [6.45, 7) is 2.74. The maximum absolute atomic E-state index is 9.07. The summed E-state index contributed by atoms with van der Waals surface area (Å²) in [5.74, 6) is 0.761. The van der Waals surface area contributed by atoms with Crippen LogP contribution in [0.15, 0.2) is 41.4 Å². The summed E-state index contributed by atoms with van der Waals surface area (Å²) in [4.78, 5) is 4.69. The van der Waals surface area contributed by atoms with E-state index in [0.717, 1.165) is 30.7 Å². The first-order chi connectivity index (χ1) is 11.2. The molecule has 23 heavy (non-hydrogen) atoms. The number of rotatable bonds is 0. The van der Waals surface area contributed by atoms with Gasteiger partial charge in [0.15, 0.2) is 0 Å². The number of benzene rings is 2. The molecule has 2 aromatic rings. The zero-order chi connectivity index (χ0) is 15.9. The lowest BCUT2D eigenvalue weighted by Gasteiger charge is -2.35. The molecule has 2 aromatic carbocycles. The lowest BCUT2D eigenvalue weighted by atomic mass is 9.71. The first-order valence-corrected chi connectivity index (χ1v) is 8.02. The Morgan fingerprint density at radius 1 is 1.22 bits per heavy atom. The number of fused-ring (bicyclic) bond motifs is 3. The molecule has 2 aliphatic rings. The van der Waals surface area contributed by atoms with Gasteiger partial charge in [-0.25, -0.2) is 0 Å². The maximum atomic E-state index is 9.07. The number of nitrogens with zero attached hydrogens (tertiary/aromatic N) is 2. The highest BCUT2D eigenvalue weighted by molar-refractivity contribution is 5.80. The predicted molar refractivity (Wildman–Crippen MR) is 90.6 cm³/mol. The molecule has 1 atom stereocenters. The molecular formula is C20H18N2O. The first-order valence-electron chi connectivity index (χ1n) is 8.02. The molecule has 1 spiro atoms. The van der Waals surface area contributed by atoms with E-state index in [1.807, 2.05) is 12.3 Å². The number of aryl methyl sites for hydroxylation is 2. The minimum absolute atomic E-state index is 0.160. The fourth-order valence-electron chi connectivity index (χ4n) is 3.67. The van der Waals surface area contributed by atoms with Crippen LogP contribution in [-0.4, -0.2) is 12.8 Å². The standard InChI is InChI=1S/C20H18N2O/c1-14-4-6-17-16(9-14)3-2-8-20(17)12-22-18-10-15(11-21)5-7-19(18)23-13-20/h4-7,9-10,12H,2-3,8,13H2,1H3/t20-/m0/s1. The Balaban J connectivity index is 1.80. The van der Waals surface area contributed by atoms with Crippen molar-refractivity contribution in [3.8, 4) is 11.8 Å². The maximum Gasteiger partial charge on any atom is 0.145 e. The highest BCUT2D eigenvalue weighted by Gasteiger charge is 2.37. The van der Waals surface area contributed by atoms with Crippen LogP contribution < -0.4 is 4.74 Å². The molecule has 1 aliphatic carbocycles. The molecule has 3 heteroatoms. The molecule has 3 nitrogen and oxygen atoms in total. The number of ether oxygens (including phenoxy) is 1. The van der Waals surface area contributed by atoms with Gasteiger partial charge in [-0.15, -0.1) is 0 Å². The summed E-state index contributed by atoms with van der Waals surface area (Å²) in [5, 5.41) is 9.07.